The first-order valence-corrected chi connectivity index (χ1v) is 7.14. The second-order valence-electron chi connectivity index (χ2n) is 5.32. The van der Waals surface area contributed by atoms with Crippen molar-refractivity contribution in [3.63, 3.8) is 0 Å². The molecule has 1 atom stereocenters. The number of piperidine rings is 1. The fraction of sp³-hybridized carbons (Fsp3) is 0.400. The third-order valence-electron chi connectivity index (χ3n) is 3.61. The van der Waals surface area contributed by atoms with Gasteiger partial charge in [-0.05, 0) is 37.1 Å². The number of nitrogens with one attached hydrogen (secondary N) is 1. The number of hydrogen-bond acceptors (Lipinski definition) is 5. The zero-order valence-electron chi connectivity index (χ0n) is 11.7. The highest BCUT2D eigenvalue weighted by atomic mass is 19.1. The lowest BCUT2D eigenvalue weighted by atomic mass is 10.1. The van der Waals surface area contributed by atoms with Crippen molar-refractivity contribution in [2.75, 3.05) is 18.4 Å². The second-order valence-corrected chi connectivity index (χ2v) is 5.32. The summed E-state index contributed by atoms with van der Waals surface area (Å²) >= 11 is 0. The van der Waals surface area contributed by atoms with Gasteiger partial charge in [-0.2, -0.15) is 0 Å². The van der Waals surface area contributed by atoms with Gasteiger partial charge in [0.05, 0.1) is 6.20 Å². The maximum absolute atomic E-state index is 13.2. The Kier molecular flexibility index (Phi) is 4.35. The van der Waals surface area contributed by atoms with Gasteiger partial charge in [0.15, 0.2) is 0 Å². The third kappa shape index (κ3) is 3.95. The highest BCUT2D eigenvalue weighted by molar-refractivity contribution is 5.33. The minimum atomic E-state index is -0.278. The van der Waals surface area contributed by atoms with Crippen LogP contribution in [0.25, 0.3) is 0 Å². The van der Waals surface area contributed by atoms with E-state index in [4.69, 9.17) is 0 Å². The molecule has 5 nitrogen and oxygen atoms in total. The first kappa shape index (κ1) is 13.9. The monoisotopic (exact) mass is 287 g/mol. The van der Waals surface area contributed by atoms with Crippen LogP contribution in [0.4, 0.5) is 10.2 Å². The molecule has 0 radical (unpaired) electrons. The van der Waals surface area contributed by atoms with Crippen LogP contribution in [-0.2, 0) is 6.54 Å². The summed E-state index contributed by atoms with van der Waals surface area (Å²) in [4.78, 5) is 14.3. The SMILES string of the molecule is Fc1cncc(CN2CCCC(Nc3ccncn3)C2)c1. The summed E-state index contributed by atoms with van der Waals surface area (Å²) in [7, 11) is 0. The zero-order valence-corrected chi connectivity index (χ0v) is 11.7. The minimum Gasteiger partial charge on any atom is -0.366 e. The van der Waals surface area contributed by atoms with Gasteiger partial charge in [-0.1, -0.05) is 0 Å². The van der Waals surface area contributed by atoms with E-state index in [2.05, 4.69) is 25.2 Å². The largest absolute Gasteiger partial charge is 0.366 e. The van der Waals surface area contributed by atoms with E-state index in [-0.39, 0.29) is 5.82 Å². The highest BCUT2D eigenvalue weighted by Gasteiger charge is 2.20. The Bertz CT molecular complexity index is 577. The molecule has 0 aliphatic carbocycles. The molecule has 0 amide bonds. The maximum Gasteiger partial charge on any atom is 0.141 e. The van der Waals surface area contributed by atoms with E-state index in [0.717, 1.165) is 43.9 Å². The lowest BCUT2D eigenvalue weighted by Gasteiger charge is -2.33. The number of hydrogen-bond donors (Lipinski definition) is 1. The Morgan fingerprint density at radius 3 is 3.10 bits per heavy atom. The maximum atomic E-state index is 13.2. The molecular weight excluding hydrogens is 269 g/mol. The van der Waals surface area contributed by atoms with Gasteiger partial charge in [-0.25, -0.2) is 14.4 Å². The van der Waals surface area contributed by atoms with Crippen LogP contribution in [0.3, 0.4) is 0 Å². The quantitative estimate of drug-likeness (QED) is 0.933. The van der Waals surface area contributed by atoms with Crippen molar-refractivity contribution in [3.05, 3.63) is 48.4 Å². The predicted molar refractivity (Wildman–Crippen MR) is 78.1 cm³/mol. The molecule has 1 saturated heterocycles. The smallest absolute Gasteiger partial charge is 0.141 e. The van der Waals surface area contributed by atoms with Crippen molar-refractivity contribution in [1.82, 2.24) is 19.9 Å². The number of likely N-dealkylation sites (tertiary alicyclic amines) is 1. The van der Waals surface area contributed by atoms with Crippen molar-refractivity contribution in [2.24, 2.45) is 0 Å². The van der Waals surface area contributed by atoms with E-state index >= 15 is 0 Å². The van der Waals surface area contributed by atoms with Crippen LogP contribution < -0.4 is 5.32 Å². The van der Waals surface area contributed by atoms with Gasteiger partial charge in [0, 0.05) is 31.5 Å². The first-order chi connectivity index (χ1) is 10.3. The second kappa shape index (κ2) is 6.58. The summed E-state index contributed by atoms with van der Waals surface area (Å²) in [5.74, 6) is 0.574. The Balaban J connectivity index is 1.58. The molecule has 6 heteroatoms. The Morgan fingerprint density at radius 1 is 1.33 bits per heavy atom. The number of pyridine rings is 1. The van der Waals surface area contributed by atoms with E-state index in [1.165, 1.54) is 6.20 Å². The number of halogens is 1. The van der Waals surface area contributed by atoms with Crippen LogP contribution in [0, 0.1) is 5.82 Å². The predicted octanol–water partition coefficient (Wildman–Crippen LogP) is 2.09. The summed E-state index contributed by atoms with van der Waals surface area (Å²) in [5, 5.41) is 3.43. The average molecular weight is 287 g/mol. The molecule has 0 aromatic carbocycles. The van der Waals surface area contributed by atoms with Crippen molar-refractivity contribution in [3.8, 4) is 0 Å². The molecule has 2 aromatic heterocycles. The molecule has 0 saturated carbocycles. The molecule has 1 aliphatic rings. The van der Waals surface area contributed by atoms with Gasteiger partial charge in [-0.15, -0.1) is 0 Å². The molecule has 1 aliphatic heterocycles. The minimum absolute atomic E-state index is 0.278. The van der Waals surface area contributed by atoms with Gasteiger partial charge in [0.2, 0.25) is 0 Å². The topological polar surface area (TPSA) is 53.9 Å². The van der Waals surface area contributed by atoms with E-state index < -0.39 is 0 Å². The van der Waals surface area contributed by atoms with Gasteiger partial charge in [0.25, 0.3) is 0 Å². The van der Waals surface area contributed by atoms with Gasteiger partial charge in [0.1, 0.15) is 18.0 Å². The number of aromatic nitrogens is 3. The molecular formula is C15H18FN5. The number of anilines is 1. The lowest BCUT2D eigenvalue weighted by Crippen LogP contribution is -2.41. The normalized spacial score (nSPS) is 19.4. The standard InChI is InChI=1S/C15H18FN5/c16-13-6-12(7-18-8-13)9-21-5-1-2-14(10-21)20-15-3-4-17-11-19-15/h3-4,6-8,11,14H,1-2,5,9-10H2,(H,17,19,20). The Labute approximate surface area is 123 Å². The Hall–Kier alpha value is -2.08. The molecule has 110 valence electrons. The molecule has 21 heavy (non-hydrogen) atoms. The summed E-state index contributed by atoms with van der Waals surface area (Å²) in [6.07, 6.45) is 8.47. The molecule has 1 fully saturated rings. The van der Waals surface area contributed by atoms with Crippen LogP contribution >= 0.6 is 0 Å². The molecule has 0 bridgehead atoms. The van der Waals surface area contributed by atoms with Gasteiger partial charge >= 0.3 is 0 Å². The highest BCUT2D eigenvalue weighted by Crippen LogP contribution is 2.16. The molecule has 1 unspecified atom stereocenters. The van der Waals surface area contributed by atoms with Crippen LogP contribution in [-0.4, -0.2) is 39.0 Å². The zero-order chi connectivity index (χ0) is 14.5. The van der Waals surface area contributed by atoms with Crippen LogP contribution in [0.5, 0.6) is 0 Å². The molecule has 2 aromatic rings. The summed E-state index contributed by atoms with van der Waals surface area (Å²) in [5.41, 5.74) is 0.915. The van der Waals surface area contributed by atoms with Crippen LogP contribution in [0.1, 0.15) is 18.4 Å². The molecule has 0 spiro atoms. The molecule has 3 rings (SSSR count). The number of nitrogens with zero attached hydrogens (tertiary/aromatic N) is 4. The lowest BCUT2D eigenvalue weighted by molar-refractivity contribution is 0.208. The van der Waals surface area contributed by atoms with E-state index in [1.807, 2.05) is 6.07 Å². The van der Waals surface area contributed by atoms with Crippen LogP contribution in [0.15, 0.2) is 37.1 Å². The van der Waals surface area contributed by atoms with Crippen molar-refractivity contribution >= 4 is 5.82 Å². The van der Waals surface area contributed by atoms with Gasteiger partial charge in [-0.3, -0.25) is 9.88 Å². The van der Waals surface area contributed by atoms with Crippen molar-refractivity contribution in [1.29, 1.82) is 0 Å². The molecule has 1 N–H and O–H groups in total. The fourth-order valence-corrected chi connectivity index (χ4v) is 2.70. The van der Waals surface area contributed by atoms with E-state index in [9.17, 15) is 4.39 Å². The Morgan fingerprint density at radius 2 is 2.29 bits per heavy atom. The summed E-state index contributed by atoms with van der Waals surface area (Å²) in [6.45, 7) is 2.67. The van der Waals surface area contributed by atoms with E-state index in [0.29, 0.717) is 6.04 Å². The van der Waals surface area contributed by atoms with Crippen molar-refractivity contribution < 1.29 is 4.39 Å². The molecule has 3 heterocycles. The number of rotatable bonds is 4. The summed E-state index contributed by atoms with van der Waals surface area (Å²) < 4.78 is 13.2. The van der Waals surface area contributed by atoms with Gasteiger partial charge < -0.3 is 5.32 Å². The average Bonchev–Trinajstić information content (AvgIpc) is 2.49. The van der Waals surface area contributed by atoms with Crippen LogP contribution in [0.2, 0.25) is 0 Å². The fourth-order valence-electron chi connectivity index (χ4n) is 2.70. The van der Waals surface area contributed by atoms with Crippen molar-refractivity contribution in [2.45, 2.75) is 25.4 Å². The summed E-state index contributed by atoms with van der Waals surface area (Å²) in [6, 6.07) is 3.78. The first-order valence-electron chi connectivity index (χ1n) is 7.14. The third-order valence-corrected chi connectivity index (χ3v) is 3.61. The van der Waals surface area contributed by atoms with E-state index in [1.54, 1.807) is 24.8 Å².